The number of aromatic nitrogens is 2. The molecule has 0 spiro atoms. The third kappa shape index (κ3) is 8.48. The van der Waals surface area contributed by atoms with Gasteiger partial charge in [-0.3, -0.25) is 0 Å². The van der Waals surface area contributed by atoms with Crippen LogP contribution in [-0.2, 0) is 4.74 Å². The van der Waals surface area contributed by atoms with E-state index in [2.05, 4.69) is 14.7 Å². The van der Waals surface area contributed by atoms with E-state index in [1.54, 1.807) is 25.6 Å². The number of nitrogens with one attached hydrogen (secondary N) is 1. The minimum Gasteiger partial charge on any atom is -0.450 e. The van der Waals surface area contributed by atoms with E-state index in [4.69, 9.17) is 5.11 Å². The molecule has 5 nitrogen and oxygen atoms in total. The van der Waals surface area contributed by atoms with Crippen molar-refractivity contribution < 1.29 is 14.6 Å². The predicted molar refractivity (Wildman–Crippen MR) is 38.2 cm³/mol. The molecule has 0 aromatic carbocycles. The molecule has 0 saturated heterocycles. The summed E-state index contributed by atoms with van der Waals surface area (Å²) in [4.78, 5) is 15.8. The number of rotatable bonds is 1. The first kappa shape index (κ1) is 9.48. The molecule has 0 saturated carbocycles. The number of ether oxygens (including phenoxy) is 1. The molecule has 0 fully saturated rings. The molecule has 0 radical (unpaired) electrons. The SMILES string of the molecule is CCOC(=O)O.c1c[nH]cn1. The van der Waals surface area contributed by atoms with Gasteiger partial charge in [0, 0.05) is 12.4 Å². The van der Waals surface area contributed by atoms with E-state index in [-0.39, 0.29) is 6.61 Å². The smallest absolute Gasteiger partial charge is 0.450 e. The van der Waals surface area contributed by atoms with Crippen LogP contribution in [0, 0.1) is 0 Å². The number of H-pyrrole nitrogens is 1. The van der Waals surface area contributed by atoms with Crippen LogP contribution >= 0.6 is 0 Å². The molecule has 0 amide bonds. The molecule has 5 heteroatoms. The van der Waals surface area contributed by atoms with Crippen molar-refractivity contribution in [2.45, 2.75) is 6.92 Å². The van der Waals surface area contributed by atoms with Gasteiger partial charge in [-0.2, -0.15) is 0 Å². The summed E-state index contributed by atoms with van der Waals surface area (Å²) in [6.45, 7) is 1.85. The Bertz CT molecular complexity index is 157. The highest BCUT2D eigenvalue weighted by atomic mass is 16.7. The number of carbonyl (C=O) groups is 1. The second-order valence-corrected chi connectivity index (χ2v) is 1.46. The molecule has 1 aromatic heterocycles. The molecule has 0 unspecified atom stereocenters. The summed E-state index contributed by atoms with van der Waals surface area (Å²) in [5.74, 6) is 0. The zero-order valence-electron chi connectivity index (χ0n) is 6.15. The van der Waals surface area contributed by atoms with Crippen LogP contribution in [0.3, 0.4) is 0 Å². The van der Waals surface area contributed by atoms with Gasteiger partial charge in [-0.25, -0.2) is 9.78 Å². The Kier molecular flexibility index (Phi) is 5.69. The third-order valence-electron chi connectivity index (χ3n) is 0.674. The number of aromatic amines is 1. The van der Waals surface area contributed by atoms with Crippen molar-refractivity contribution in [3.63, 3.8) is 0 Å². The Morgan fingerprint density at radius 3 is 2.64 bits per heavy atom. The first-order valence-electron chi connectivity index (χ1n) is 3.05. The Morgan fingerprint density at radius 1 is 1.82 bits per heavy atom. The maximum atomic E-state index is 9.38. The molecule has 1 rings (SSSR count). The molecule has 62 valence electrons. The van der Waals surface area contributed by atoms with Gasteiger partial charge in [0.05, 0.1) is 12.9 Å². The van der Waals surface area contributed by atoms with E-state index >= 15 is 0 Å². The van der Waals surface area contributed by atoms with Crippen LogP contribution < -0.4 is 0 Å². The first-order valence-corrected chi connectivity index (χ1v) is 3.05. The summed E-state index contributed by atoms with van der Waals surface area (Å²) in [6, 6.07) is 0. The van der Waals surface area contributed by atoms with Crippen molar-refractivity contribution in [3.8, 4) is 0 Å². The maximum Gasteiger partial charge on any atom is 0.505 e. The van der Waals surface area contributed by atoms with Gasteiger partial charge in [0.2, 0.25) is 0 Å². The van der Waals surface area contributed by atoms with Crippen LogP contribution in [0.25, 0.3) is 0 Å². The lowest BCUT2D eigenvalue weighted by molar-refractivity contribution is 0.0966. The summed E-state index contributed by atoms with van der Waals surface area (Å²) in [5, 5.41) is 7.69. The zero-order chi connectivity index (χ0) is 8.53. The van der Waals surface area contributed by atoms with E-state index < -0.39 is 6.16 Å². The van der Waals surface area contributed by atoms with Crippen LogP contribution in [0.4, 0.5) is 4.79 Å². The monoisotopic (exact) mass is 158 g/mol. The highest BCUT2D eigenvalue weighted by molar-refractivity contribution is 5.56. The van der Waals surface area contributed by atoms with Crippen molar-refractivity contribution in [2.24, 2.45) is 0 Å². The Morgan fingerprint density at radius 2 is 2.55 bits per heavy atom. The highest BCUT2D eigenvalue weighted by Gasteiger charge is 1.86. The normalized spacial score (nSPS) is 7.73. The molecule has 1 heterocycles. The number of hydrogen-bond donors (Lipinski definition) is 2. The van der Waals surface area contributed by atoms with Gasteiger partial charge in [-0.1, -0.05) is 0 Å². The molecular formula is C6H10N2O3. The number of imidazole rings is 1. The van der Waals surface area contributed by atoms with Crippen molar-refractivity contribution in [1.29, 1.82) is 0 Å². The van der Waals surface area contributed by atoms with Gasteiger partial charge in [0.25, 0.3) is 0 Å². The average Bonchev–Trinajstić information content (AvgIpc) is 2.41. The van der Waals surface area contributed by atoms with E-state index in [0.29, 0.717) is 0 Å². The lowest BCUT2D eigenvalue weighted by atomic mass is 10.9. The van der Waals surface area contributed by atoms with Crippen LogP contribution in [-0.4, -0.2) is 27.8 Å². The zero-order valence-corrected chi connectivity index (χ0v) is 6.15. The fraction of sp³-hybridized carbons (Fsp3) is 0.333. The number of nitrogens with zero attached hydrogens (tertiary/aromatic N) is 1. The topological polar surface area (TPSA) is 75.2 Å². The molecular weight excluding hydrogens is 148 g/mol. The molecule has 0 bridgehead atoms. The van der Waals surface area contributed by atoms with E-state index in [1.165, 1.54) is 0 Å². The summed E-state index contributed by atoms with van der Waals surface area (Å²) in [5.41, 5.74) is 0. The predicted octanol–water partition coefficient (Wildman–Crippen LogP) is 1.11. The summed E-state index contributed by atoms with van der Waals surface area (Å²) in [7, 11) is 0. The average molecular weight is 158 g/mol. The lowest BCUT2D eigenvalue weighted by Crippen LogP contribution is -1.97. The van der Waals surface area contributed by atoms with Crippen LogP contribution in [0.2, 0.25) is 0 Å². The van der Waals surface area contributed by atoms with Gasteiger partial charge in [-0.05, 0) is 6.92 Å². The van der Waals surface area contributed by atoms with E-state index in [0.717, 1.165) is 0 Å². The quantitative estimate of drug-likeness (QED) is 0.600. The first-order chi connectivity index (χ1) is 5.27. The van der Waals surface area contributed by atoms with Crippen molar-refractivity contribution in [3.05, 3.63) is 18.7 Å². The van der Waals surface area contributed by atoms with E-state index in [9.17, 15) is 4.79 Å². The van der Waals surface area contributed by atoms with Gasteiger partial charge in [0.15, 0.2) is 0 Å². The molecule has 0 aliphatic carbocycles. The lowest BCUT2D eigenvalue weighted by Gasteiger charge is -1.87. The van der Waals surface area contributed by atoms with Crippen molar-refractivity contribution in [2.75, 3.05) is 6.61 Å². The van der Waals surface area contributed by atoms with E-state index in [1.807, 2.05) is 0 Å². The van der Waals surface area contributed by atoms with Crippen molar-refractivity contribution >= 4 is 6.16 Å². The Balaban J connectivity index is 0.000000183. The van der Waals surface area contributed by atoms with Crippen LogP contribution in [0.15, 0.2) is 18.7 Å². The number of hydrogen-bond acceptors (Lipinski definition) is 3. The van der Waals surface area contributed by atoms with Gasteiger partial charge in [0.1, 0.15) is 0 Å². The maximum absolute atomic E-state index is 9.38. The second-order valence-electron chi connectivity index (χ2n) is 1.46. The van der Waals surface area contributed by atoms with Gasteiger partial charge in [-0.15, -0.1) is 0 Å². The minimum absolute atomic E-state index is 0.231. The fourth-order valence-electron chi connectivity index (χ4n) is 0.339. The van der Waals surface area contributed by atoms with Crippen molar-refractivity contribution in [1.82, 2.24) is 9.97 Å². The largest absolute Gasteiger partial charge is 0.505 e. The summed E-state index contributed by atoms with van der Waals surface area (Å²) >= 11 is 0. The standard InChI is InChI=1S/C3H4N2.C3H6O3/c1-2-5-3-4-1;1-2-6-3(4)5/h1-3H,(H,4,5);2H2,1H3,(H,4,5). The fourth-order valence-corrected chi connectivity index (χ4v) is 0.339. The van der Waals surface area contributed by atoms with Crippen LogP contribution in [0.5, 0.6) is 0 Å². The molecule has 11 heavy (non-hydrogen) atoms. The minimum atomic E-state index is -1.21. The summed E-state index contributed by atoms with van der Waals surface area (Å²) in [6.07, 6.45) is 3.87. The van der Waals surface area contributed by atoms with Gasteiger partial charge >= 0.3 is 6.16 Å². The summed E-state index contributed by atoms with van der Waals surface area (Å²) < 4.78 is 3.96. The third-order valence-corrected chi connectivity index (χ3v) is 0.674. The Labute approximate surface area is 64.0 Å². The molecule has 2 N–H and O–H groups in total. The van der Waals surface area contributed by atoms with Crippen LogP contribution in [0.1, 0.15) is 6.92 Å². The molecule has 1 aromatic rings. The van der Waals surface area contributed by atoms with Gasteiger partial charge < -0.3 is 14.8 Å². The molecule has 0 aliphatic heterocycles. The number of carboxylic acid groups (broad SMARTS) is 1. The Hall–Kier alpha value is -1.52. The second kappa shape index (κ2) is 6.60. The highest BCUT2D eigenvalue weighted by Crippen LogP contribution is 1.69. The molecule has 0 aliphatic rings. The molecule has 0 atom stereocenters.